The molecule has 3 rings (SSSR count). The lowest BCUT2D eigenvalue weighted by molar-refractivity contribution is 0.102. The van der Waals surface area contributed by atoms with E-state index in [0.717, 1.165) is 43.2 Å². The lowest BCUT2D eigenvalue weighted by Gasteiger charge is -2.22. The lowest BCUT2D eigenvalue weighted by Crippen LogP contribution is -2.31. The van der Waals surface area contributed by atoms with Crippen LogP contribution >= 0.6 is 0 Å². The van der Waals surface area contributed by atoms with E-state index in [-0.39, 0.29) is 5.91 Å². The number of likely N-dealkylation sites (N-methyl/N-ethyl adjacent to an activating group) is 2. The Labute approximate surface area is 202 Å². The van der Waals surface area contributed by atoms with Crippen LogP contribution < -0.4 is 10.6 Å². The Morgan fingerprint density at radius 2 is 1.91 bits per heavy atom. The Hall–Kier alpha value is -3.42. The van der Waals surface area contributed by atoms with Crippen LogP contribution in [0.15, 0.2) is 65.7 Å². The molecule has 1 amide bonds. The first-order valence-corrected chi connectivity index (χ1v) is 11.6. The molecule has 7 heteroatoms. The molecule has 34 heavy (non-hydrogen) atoms. The summed E-state index contributed by atoms with van der Waals surface area (Å²) in [4.78, 5) is 21.6. The molecule has 0 bridgehead atoms. The van der Waals surface area contributed by atoms with Crippen LogP contribution in [0.1, 0.15) is 34.2 Å². The van der Waals surface area contributed by atoms with Gasteiger partial charge in [-0.3, -0.25) is 9.69 Å². The summed E-state index contributed by atoms with van der Waals surface area (Å²) in [5, 5.41) is 6.16. The molecule has 7 nitrogen and oxygen atoms in total. The number of rotatable bonds is 12. The van der Waals surface area contributed by atoms with E-state index in [4.69, 9.17) is 4.42 Å². The van der Waals surface area contributed by atoms with E-state index in [1.54, 1.807) is 12.3 Å². The molecular formula is C27H35N5O2. The van der Waals surface area contributed by atoms with Crippen LogP contribution in [0.25, 0.3) is 0 Å². The fourth-order valence-electron chi connectivity index (χ4n) is 3.46. The number of hydrogen-bond acceptors (Lipinski definition) is 6. The third-order valence-corrected chi connectivity index (χ3v) is 5.57. The predicted octanol–water partition coefficient (Wildman–Crippen LogP) is 5.09. The summed E-state index contributed by atoms with van der Waals surface area (Å²) in [7, 11) is 4.17. The summed E-state index contributed by atoms with van der Waals surface area (Å²) < 4.78 is 5.66. The van der Waals surface area contributed by atoms with E-state index in [9.17, 15) is 4.79 Å². The minimum atomic E-state index is -0.147. The highest BCUT2D eigenvalue weighted by molar-refractivity contribution is 6.04. The first-order chi connectivity index (χ1) is 16.4. The molecule has 0 spiro atoms. The molecule has 0 radical (unpaired) electrons. The third-order valence-electron chi connectivity index (χ3n) is 5.57. The van der Waals surface area contributed by atoms with Gasteiger partial charge in [-0.25, -0.2) is 4.98 Å². The van der Waals surface area contributed by atoms with Crippen LogP contribution in [0.5, 0.6) is 0 Å². The van der Waals surface area contributed by atoms with Crippen LogP contribution in [0.4, 0.5) is 17.4 Å². The molecule has 2 aromatic carbocycles. The largest absolute Gasteiger partial charge is 0.428 e. The molecule has 0 atom stereocenters. The number of aromatic nitrogens is 1. The van der Waals surface area contributed by atoms with Gasteiger partial charge in [-0.05, 0) is 63.0 Å². The highest BCUT2D eigenvalue weighted by atomic mass is 16.4. The van der Waals surface area contributed by atoms with E-state index in [1.807, 2.05) is 49.4 Å². The fraction of sp³-hybridized carbons (Fsp3) is 0.333. The third kappa shape index (κ3) is 7.30. The molecule has 2 N–H and O–H groups in total. The van der Waals surface area contributed by atoms with Crippen molar-refractivity contribution in [2.75, 3.05) is 44.4 Å². The molecule has 1 aromatic heterocycles. The number of benzene rings is 2. The maximum absolute atomic E-state index is 12.8. The van der Waals surface area contributed by atoms with Crippen LogP contribution in [0.3, 0.4) is 0 Å². The first kappa shape index (κ1) is 25.2. The van der Waals surface area contributed by atoms with Gasteiger partial charge in [0.1, 0.15) is 5.76 Å². The summed E-state index contributed by atoms with van der Waals surface area (Å²) in [6.07, 6.45) is 4.06. The lowest BCUT2D eigenvalue weighted by atomic mass is 10.1. The highest BCUT2D eigenvalue weighted by Crippen LogP contribution is 2.25. The second-order valence-corrected chi connectivity index (χ2v) is 8.60. The highest BCUT2D eigenvalue weighted by Gasteiger charge is 2.11. The van der Waals surface area contributed by atoms with Crippen molar-refractivity contribution in [3.8, 4) is 0 Å². The van der Waals surface area contributed by atoms with Gasteiger partial charge in [0, 0.05) is 43.0 Å². The molecule has 0 aliphatic heterocycles. The molecule has 0 saturated carbocycles. The van der Waals surface area contributed by atoms with E-state index in [1.165, 1.54) is 5.56 Å². The van der Waals surface area contributed by atoms with Gasteiger partial charge >= 0.3 is 0 Å². The van der Waals surface area contributed by atoms with E-state index < -0.39 is 0 Å². The quantitative estimate of drug-likeness (QED) is 0.366. The van der Waals surface area contributed by atoms with Crippen LogP contribution in [0, 0.1) is 6.92 Å². The standard InChI is InChI=1S/C27H35N5O2/c1-6-8-24-18-28-27(34-24)30-25-17-23(14-9-20(25)3)29-26(33)22-12-10-21(11-13-22)19-32(7-2)16-15-31(4)5/h6,9-14,17-18H,1,7-8,15-16,19H2,2-5H3,(H,28,30)(H,29,33). The Morgan fingerprint density at radius 3 is 2.59 bits per heavy atom. The van der Waals surface area contributed by atoms with E-state index in [2.05, 4.69) is 53.0 Å². The Morgan fingerprint density at radius 1 is 1.15 bits per heavy atom. The number of nitrogens with zero attached hydrogens (tertiary/aromatic N) is 3. The number of hydrogen-bond donors (Lipinski definition) is 2. The Bertz CT molecular complexity index is 1090. The zero-order chi connectivity index (χ0) is 24.5. The van der Waals surface area contributed by atoms with Gasteiger partial charge in [-0.2, -0.15) is 0 Å². The van der Waals surface area contributed by atoms with Gasteiger partial charge in [-0.1, -0.05) is 31.2 Å². The average molecular weight is 462 g/mol. The summed E-state index contributed by atoms with van der Waals surface area (Å²) in [6.45, 7) is 11.8. The van der Waals surface area contributed by atoms with Crippen molar-refractivity contribution < 1.29 is 9.21 Å². The van der Waals surface area contributed by atoms with Gasteiger partial charge in [0.2, 0.25) is 0 Å². The Balaban J connectivity index is 1.62. The molecule has 0 unspecified atom stereocenters. The minimum absolute atomic E-state index is 0.147. The number of amides is 1. The van der Waals surface area contributed by atoms with Crippen molar-refractivity contribution in [1.82, 2.24) is 14.8 Å². The zero-order valence-electron chi connectivity index (χ0n) is 20.6. The topological polar surface area (TPSA) is 73.6 Å². The number of anilines is 3. The van der Waals surface area contributed by atoms with Crippen molar-refractivity contribution in [1.29, 1.82) is 0 Å². The normalized spacial score (nSPS) is 11.1. The summed E-state index contributed by atoms with van der Waals surface area (Å²) in [5.74, 6) is 0.591. The number of nitrogens with one attached hydrogen (secondary N) is 2. The van der Waals surface area contributed by atoms with Crippen LogP contribution in [0.2, 0.25) is 0 Å². The maximum Gasteiger partial charge on any atom is 0.299 e. The zero-order valence-corrected chi connectivity index (χ0v) is 20.6. The molecular weight excluding hydrogens is 426 g/mol. The summed E-state index contributed by atoms with van der Waals surface area (Å²) in [6, 6.07) is 13.9. The van der Waals surface area contributed by atoms with E-state index in [0.29, 0.717) is 23.7 Å². The number of oxazole rings is 1. The molecule has 3 aromatic rings. The fourth-order valence-corrected chi connectivity index (χ4v) is 3.46. The number of carbonyl (C=O) groups excluding carboxylic acids is 1. The average Bonchev–Trinajstić information content (AvgIpc) is 3.26. The van der Waals surface area contributed by atoms with Gasteiger partial charge in [0.05, 0.1) is 6.20 Å². The Kier molecular flexibility index (Phi) is 9.01. The number of allylic oxidation sites excluding steroid dienone is 1. The monoisotopic (exact) mass is 461 g/mol. The summed E-state index contributed by atoms with van der Waals surface area (Å²) in [5.41, 5.74) is 4.34. The van der Waals surface area contributed by atoms with Crippen LogP contribution in [-0.4, -0.2) is 54.4 Å². The molecule has 1 heterocycles. The van der Waals surface area contributed by atoms with Crippen molar-refractivity contribution in [3.05, 3.63) is 83.8 Å². The van der Waals surface area contributed by atoms with Crippen LogP contribution in [-0.2, 0) is 13.0 Å². The van der Waals surface area contributed by atoms with Crippen molar-refractivity contribution in [3.63, 3.8) is 0 Å². The molecule has 0 aliphatic rings. The predicted molar refractivity (Wildman–Crippen MR) is 139 cm³/mol. The van der Waals surface area contributed by atoms with Crippen molar-refractivity contribution in [2.24, 2.45) is 0 Å². The first-order valence-electron chi connectivity index (χ1n) is 11.6. The second kappa shape index (κ2) is 12.2. The van der Waals surface area contributed by atoms with Gasteiger partial charge < -0.3 is 20.0 Å². The second-order valence-electron chi connectivity index (χ2n) is 8.60. The molecule has 0 fully saturated rings. The van der Waals surface area contributed by atoms with Gasteiger partial charge in [0.15, 0.2) is 0 Å². The van der Waals surface area contributed by atoms with Gasteiger partial charge in [0.25, 0.3) is 11.9 Å². The maximum atomic E-state index is 12.8. The van der Waals surface area contributed by atoms with Crippen molar-refractivity contribution >= 4 is 23.3 Å². The van der Waals surface area contributed by atoms with E-state index >= 15 is 0 Å². The number of aryl methyl sites for hydroxylation is 1. The van der Waals surface area contributed by atoms with Gasteiger partial charge in [-0.15, -0.1) is 6.58 Å². The molecule has 0 aliphatic carbocycles. The molecule has 180 valence electrons. The molecule has 0 saturated heterocycles. The van der Waals surface area contributed by atoms with Crippen molar-refractivity contribution in [2.45, 2.75) is 26.8 Å². The minimum Gasteiger partial charge on any atom is -0.428 e. The SMILES string of the molecule is C=CCc1cnc(Nc2cc(NC(=O)c3ccc(CN(CC)CCN(C)C)cc3)ccc2C)o1. The summed E-state index contributed by atoms with van der Waals surface area (Å²) >= 11 is 0. The smallest absolute Gasteiger partial charge is 0.299 e. The number of carbonyl (C=O) groups is 1.